The van der Waals surface area contributed by atoms with Gasteiger partial charge in [0.05, 0.1) is 17.9 Å². The number of hydrogen-bond donors (Lipinski definition) is 1. The average Bonchev–Trinajstić information content (AvgIpc) is 2.95. The Morgan fingerprint density at radius 2 is 1.78 bits per heavy atom. The van der Waals surface area contributed by atoms with E-state index in [2.05, 4.69) is 4.98 Å². The molecule has 0 aliphatic carbocycles. The van der Waals surface area contributed by atoms with Gasteiger partial charge in [-0.05, 0) is 44.7 Å². The van der Waals surface area contributed by atoms with E-state index in [9.17, 15) is 9.59 Å². The van der Waals surface area contributed by atoms with Gasteiger partial charge >= 0.3 is 5.97 Å². The van der Waals surface area contributed by atoms with Crippen molar-refractivity contribution in [2.24, 2.45) is 0 Å². The predicted octanol–water partition coefficient (Wildman–Crippen LogP) is 4.61. The SMILES string of the molecule is CCOC(=O)c1c(C)[nH]c(C(=O)[C@@H](C)Oc2cccc3ccccc23)c1C. The zero-order chi connectivity index (χ0) is 19.6. The maximum Gasteiger partial charge on any atom is 0.340 e. The minimum Gasteiger partial charge on any atom is -0.482 e. The summed E-state index contributed by atoms with van der Waals surface area (Å²) in [6, 6.07) is 13.6. The molecule has 27 heavy (non-hydrogen) atoms. The van der Waals surface area contributed by atoms with Crippen LogP contribution < -0.4 is 4.74 Å². The van der Waals surface area contributed by atoms with E-state index in [1.165, 1.54) is 0 Å². The first kappa shape index (κ1) is 18.7. The third-order valence-electron chi connectivity index (χ3n) is 4.59. The Labute approximate surface area is 158 Å². The van der Waals surface area contributed by atoms with Crippen LogP contribution in [-0.2, 0) is 4.74 Å². The van der Waals surface area contributed by atoms with Crippen LogP contribution in [0, 0.1) is 13.8 Å². The first-order valence-corrected chi connectivity index (χ1v) is 8.99. The Morgan fingerprint density at radius 3 is 2.52 bits per heavy atom. The van der Waals surface area contributed by atoms with Crippen molar-refractivity contribution in [1.82, 2.24) is 4.98 Å². The first-order valence-electron chi connectivity index (χ1n) is 8.99. The number of aryl methyl sites for hydroxylation is 1. The van der Waals surface area contributed by atoms with Gasteiger partial charge in [-0.25, -0.2) is 4.79 Å². The molecule has 5 nitrogen and oxygen atoms in total. The molecule has 3 rings (SSSR count). The molecular formula is C22H23NO4. The molecule has 0 unspecified atom stereocenters. The Bertz CT molecular complexity index is 997. The summed E-state index contributed by atoms with van der Waals surface area (Å²) in [5.41, 5.74) is 2.00. The standard InChI is InChI=1S/C22H23NO4/c1-5-26-22(25)19-13(2)20(23-14(19)3)21(24)15(4)27-18-12-8-10-16-9-6-7-11-17(16)18/h6-12,15,23H,5H2,1-4H3/t15-/m1/s1. The Balaban J connectivity index is 1.88. The van der Waals surface area contributed by atoms with Crippen LogP contribution in [-0.4, -0.2) is 29.4 Å². The summed E-state index contributed by atoms with van der Waals surface area (Å²) in [6.45, 7) is 7.25. The third kappa shape index (κ3) is 3.58. The quantitative estimate of drug-likeness (QED) is 0.511. The van der Waals surface area contributed by atoms with Gasteiger partial charge in [-0.2, -0.15) is 0 Å². The molecule has 1 atom stereocenters. The summed E-state index contributed by atoms with van der Waals surface area (Å²) >= 11 is 0. The molecular weight excluding hydrogens is 342 g/mol. The summed E-state index contributed by atoms with van der Waals surface area (Å²) in [5.74, 6) is 0.0185. The lowest BCUT2D eigenvalue weighted by Gasteiger charge is -2.15. The fraction of sp³-hybridized carbons (Fsp3) is 0.273. The molecule has 0 fully saturated rings. The number of aromatic amines is 1. The lowest BCUT2D eigenvalue weighted by Crippen LogP contribution is -2.25. The summed E-state index contributed by atoms with van der Waals surface area (Å²) in [5, 5.41) is 2.00. The summed E-state index contributed by atoms with van der Waals surface area (Å²) in [7, 11) is 0. The fourth-order valence-corrected chi connectivity index (χ4v) is 3.25. The first-order chi connectivity index (χ1) is 12.9. The number of aromatic nitrogens is 1. The highest BCUT2D eigenvalue weighted by molar-refractivity contribution is 6.03. The van der Waals surface area contributed by atoms with Crippen molar-refractivity contribution in [3.63, 3.8) is 0 Å². The summed E-state index contributed by atoms with van der Waals surface area (Å²) in [4.78, 5) is 28.1. The largest absolute Gasteiger partial charge is 0.482 e. The number of carbonyl (C=O) groups is 2. The van der Waals surface area contributed by atoms with Crippen LogP contribution in [0.25, 0.3) is 10.8 Å². The molecule has 0 saturated carbocycles. The van der Waals surface area contributed by atoms with Gasteiger partial charge in [0.2, 0.25) is 5.78 Å². The van der Waals surface area contributed by atoms with Crippen LogP contribution in [0.1, 0.15) is 46.0 Å². The maximum absolute atomic E-state index is 12.9. The number of rotatable bonds is 6. The van der Waals surface area contributed by atoms with Crippen molar-refractivity contribution in [2.45, 2.75) is 33.8 Å². The third-order valence-corrected chi connectivity index (χ3v) is 4.59. The Hall–Kier alpha value is -3.08. The molecule has 1 heterocycles. The highest BCUT2D eigenvalue weighted by Gasteiger charge is 2.26. The molecule has 1 N–H and O–H groups in total. The Kier molecular flexibility index (Phi) is 5.31. The van der Waals surface area contributed by atoms with E-state index in [1.807, 2.05) is 42.5 Å². The highest BCUT2D eigenvalue weighted by Crippen LogP contribution is 2.27. The van der Waals surface area contributed by atoms with Crippen molar-refractivity contribution in [2.75, 3.05) is 6.61 Å². The Morgan fingerprint density at radius 1 is 1.07 bits per heavy atom. The molecule has 0 radical (unpaired) electrons. The molecule has 0 spiro atoms. The van der Waals surface area contributed by atoms with Crippen LogP contribution in [0.4, 0.5) is 0 Å². The van der Waals surface area contributed by atoms with Crippen molar-refractivity contribution >= 4 is 22.5 Å². The summed E-state index contributed by atoms with van der Waals surface area (Å²) < 4.78 is 11.1. The maximum atomic E-state index is 12.9. The number of ether oxygens (including phenoxy) is 2. The lowest BCUT2D eigenvalue weighted by atomic mass is 10.1. The highest BCUT2D eigenvalue weighted by atomic mass is 16.5. The fourth-order valence-electron chi connectivity index (χ4n) is 3.25. The average molecular weight is 365 g/mol. The summed E-state index contributed by atoms with van der Waals surface area (Å²) in [6.07, 6.45) is -0.706. The van der Waals surface area contributed by atoms with E-state index < -0.39 is 12.1 Å². The van der Waals surface area contributed by atoms with E-state index in [-0.39, 0.29) is 12.4 Å². The molecule has 5 heteroatoms. The second-order valence-electron chi connectivity index (χ2n) is 6.45. The van der Waals surface area contributed by atoms with Gasteiger partial charge in [-0.1, -0.05) is 36.4 Å². The number of carbonyl (C=O) groups excluding carboxylic acids is 2. The van der Waals surface area contributed by atoms with Crippen molar-refractivity contribution < 1.29 is 19.1 Å². The molecule has 0 aliphatic heterocycles. The van der Waals surface area contributed by atoms with Crippen molar-refractivity contribution in [1.29, 1.82) is 0 Å². The van der Waals surface area contributed by atoms with E-state index in [0.717, 1.165) is 10.8 Å². The lowest BCUT2D eigenvalue weighted by molar-refractivity contribution is 0.0525. The second-order valence-corrected chi connectivity index (χ2v) is 6.45. The van der Waals surface area contributed by atoms with Gasteiger partial charge in [0.1, 0.15) is 5.75 Å². The number of H-pyrrole nitrogens is 1. The molecule has 0 amide bonds. The number of Topliss-reactive ketones (excluding diaryl/α,β-unsaturated/α-hetero) is 1. The molecule has 0 bridgehead atoms. The van der Waals surface area contributed by atoms with Crippen molar-refractivity contribution in [3.8, 4) is 5.75 Å². The number of ketones is 1. The zero-order valence-corrected chi connectivity index (χ0v) is 16.0. The normalized spacial score (nSPS) is 12.0. The van der Waals surface area contributed by atoms with E-state index in [0.29, 0.717) is 28.3 Å². The molecule has 0 saturated heterocycles. The van der Waals surface area contributed by atoms with Crippen LogP contribution in [0.3, 0.4) is 0 Å². The molecule has 2 aromatic carbocycles. The van der Waals surface area contributed by atoms with Gasteiger partial charge in [0.25, 0.3) is 0 Å². The van der Waals surface area contributed by atoms with E-state index >= 15 is 0 Å². The van der Waals surface area contributed by atoms with Gasteiger partial charge in [0, 0.05) is 11.1 Å². The van der Waals surface area contributed by atoms with Gasteiger partial charge in [0.15, 0.2) is 6.10 Å². The number of nitrogens with one attached hydrogen (secondary N) is 1. The van der Waals surface area contributed by atoms with Gasteiger partial charge < -0.3 is 14.5 Å². The van der Waals surface area contributed by atoms with Gasteiger partial charge in [-0.15, -0.1) is 0 Å². The van der Waals surface area contributed by atoms with Gasteiger partial charge in [-0.3, -0.25) is 4.79 Å². The molecule has 0 aliphatic rings. The van der Waals surface area contributed by atoms with Crippen LogP contribution >= 0.6 is 0 Å². The minimum absolute atomic E-state index is 0.209. The predicted molar refractivity (Wildman–Crippen MR) is 105 cm³/mol. The number of esters is 1. The van der Waals surface area contributed by atoms with Crippen molar-refractivity contribution in [3.05, 3.63) is 65.0 Å². The van der Waals surface area contributed by atoms with Crippen LogP contribution in [0.5, 0.6) is 5.75 Å². The monoisotopic (exact) mass is 365 g/mol. The number of fused-ring (bicyclic) bond motifs is 1. The minimum atomic E-state index is -0.706. The van der Waals surface area contributed by atoms with E-state index in [4.69, 9.17) is 9.47 Å². The smallest absolute Gasteiger partial charge is 0.340 e. The van der Waals surface area contributed by atoms with E-state index in [1.54, 1.807) is 27.7 Å². The van der Waals surface area contributed by atoms with Crippen LogP contribution in [0.2, 0.25) is 0 Å². The number of benzene rings is 2. The molecule has 140 valence electrons. The number of hydrogen-bond acceptors (Lipinski definition) is 4. The zero-order valence-electron chi connectivity index (χ0n) is 16.0. The topological polar surface area (TPSA) is 68.4 Å². The molecule has 1 aromatic heterocycles. The van der Waals surface area contributed by atoms with Crippen LogP contribution in [0.15, 0.2) is 42.5 Å². The second kappa shape index (κ2) is 7.66. The molecule has 3 aromatic rings.